The molecule has 0 spiro atoms. The molecule has 2 aliphatic rings. The minimum Gasteiger partial charge on any atom is -0.494 e. The van der Waals surface area contributed by atoms with Gasteiger partial charge >= 0.3 is 0 Å². The highest BCUT2D eigenvalue weighted by Crippen LogP contribution is 2.42. The van der Waals surface area contributed by atoms with E-state index in [1.54, 1.807) is 0 Å². The normalized spacial score (nSPS) is 26.5. The van der Waals surface area contributed by atoms with Gasteiger partial charge in [-0.2, -0.15) is 0 Å². The van der Waals surface area contributed by atoms with Crippen LogP contribution in [0.25, 0.3) is 0 Å². The van der Waals surface area contributed by atoms with Gasteiger partial charge < -0.3 is 19.7 Å². The Labute approximate surface area is 211 Å². The van der Waals surface area contributed by atoms with Crippen molar-refractivity contribution >= 4 is 11.6 Å². The van der Waals surface area contributed by atoms with Crippen molar-refractivity contribution in [2.75, 3.05) is 19.7 Å². The third kappa shape index (κ3) is 5.25. The molecular formula is C29H32ClNO4. The van der Waals surface area contributed by atoms with E-state index in [0.717, 1.165) is 22.4 Å². The quantitative estimate of drug-likeness (QED) is 0.496. The maximum absolute atomic E-state index is 11.3. The fraction of sp³-hybridized carbons (Fsp3) is 0.379. The van der Waals surface area contributed by atoms with Gasteiger partial charge in [0.1, 0.15) is 17.5 Å². The Hall–Kier alpha value is -2.41. The molecule has 5 nitrogen and oxygen atoms in total. The van der Waals surface area contributed by atoms with Crippen molar-refractivity contribution in [3.8, 4) is 5.75 Å². The summed E-state index contributed by atoms with van der Waals surface area (Å²) in [7, 11) is 0. The van der Waals surface area contributed by atoms with E-state index in [1.165, 1.54) is 5.56 Å². The van der Waals surface area contributed by atoms with Crippen LogP contribution in [0, 0.1) is 0 Å². The molecule has 0 amide bonds. The van der Waals surface area contributed by atoms with E-state index in [0.29, 0.717) is 44.1 Å². The first-order valence-corrected chi connectivity index (χ1v) is 12.6. The van der Waals surface area contributed by atoms with Gasteiger partial charge in [0.2, 0.25) is 0 Å². The van der Waals surface area contributed by atoms with E-state index in [9.17, 15) is 10.2 Å². The molecule has 35 heavy (non-hydrogen) atoms. The lowest BCUT2D eigenvalue weighted by atomic mass is 9.84. The molecule has 184 valence electrons. The number of ether oxygens (including phenoxy) is 2. The minimum absolute atomic E-state index is 0.303. The Morgan fingerprint density at radius 2 is 1.83 bits per heavy atom. The van der Waals surface area contributed by atoms with Crippen molar-refractivity contribution in [3.05, 3.63) is 100 Å². The molecular weight excluding hydrogens is 462 g/mol. The average molecular weight is 494 g/mol. The SMILES string of the molecule is CCOc1ccc(Cc2cc(C3CC(O)C4(O)CN(Cc5ccccc5)CC4O3)ccc2Cl)cc1. The lowest BCUT2D eigenvalue weighted by Crippen LogP contribution is -2.57. The zero-order valence-corrected chi connectivity index (χ0v) is 20.7. The molecule has 6 heteroatoms. The number of aliphatic hydroxyl groups excluding tert-OH is 1. The summed E-state index contributed by atoms with van der Waals surface area (Å²) >= 11 is 6.54. The fourth-order valence-corrected chi connectivity index (χ4v) is 5.44. The molecule has 2 saturated heterocycles. The molecule has 3 aromatic rings. The van der Waals surface area contributed by atoms with Crippen LogP contribution in [-0.2, 0) is 17.7 Å². The Morgan fingerprint density at radius 1 is 1.06 bits per heavy atom. The molecule has 5 rings (SSSR count). The largest absolute Gasteiger partial charge is 0.494 e. The summed E-state index contributed by atoms with van der Waals surface area (Å²) in [6, 6.07) is 24.1. The summed E-state index contributed by atoms with van der Waals surface area (Å²) in [5, 5.41) is 23.0. The van der Waals surface area contributed by atoms with Gasteiger partial charge in [-0.25, -0.2) is 0 Å². The Bertz CT molecular complexity index is 1140. The number of rotatable bonds is 7. The first kappa shape index (κ1) is 24.3. The highest BCUT2D eigenvalue weighted by molar-refractivity contribution is 6.31. The van der Waals surface area contributed by atoms with Gasteiger partial charge in [0.25, 0.3) is 0 Å². The third-order valence-electron chi connectivity index (χ3n) is 7.12. The van der Waals surface area contributed by atoms with Crippen LogP contribution >= 0.6 is 11.6 Å². The number of β-amino-alcohol motifs (C(OH)–C–C–N with tert-alkyl or cyclic N) is 1. The van der Waals surface area contributed by atoms with Crippen LogP contribution in [0.4, 0.5) is 0 Å². The minimum atomic E-state index is -1.26. The number of aliphatic hydroxyl groups is 2. The number of likely N-dealkylation sites (tertiary alicyclic amines) is 1. The summed E-state index contributed by atoms with van der Waals surface area (Å²) in [4.78, 5) is 2.16. The number of hydrogen-bond donors (Lipinski definition) is 2. The van der Waals surface area contributed by atoms with E-state index >= 15 is 0 Å². The Kier molecular flexibility index (Phi) is 7.14. The summed E-state index contributed by atoms with van der Waals surface area (Å²) in [5.74, 6) is 0.853. The zero-order valence-electron chi connectivity index (χ0n) is 19.9. The van der Waals surface area contributed by atoms with Crippen molar-refractivity contribution in [2.24, 2.45) is 0 Å². The van der Waals surface area contributed by atoms with Crippen LogP contribution < -0.4 is 4.74 Å². The van der Waals surface area contributed by atoms with Gasteiger partial charge in [-0.05, 0) is 53.8 Å². The fourth-order valence-electron chi connectivity index (χ4n) is 5.26. The van der Waals surface area contributed by atoms with E-state index in [-0.39, 0.29) is 6.10 Å². The molecule has 0 saturated carbocycles. The van der Waals surface area contributed by atoms with Gasteiger partial charge in [0.15, 0.2) is 0 Å². The van der Waals surface area contributed by atoms with Crippen LogP contribution in [0.3, 0.4) is 0 Å². The number of nitrogens with zero attached hydrogens (tertiary/aromatic N) is 1. The van der Waals surface area contributed by atoms with E-state index in [4.69, 9.17) is 21.1 Å². The molecule has 0 aromatic heterocycles. The zero-order chi connectivity index (χ0) is 24.4. The van der Waals surface area contributed by atoms with E-state index in [2.05, 4.69) is 35.2 Å². The van der Waals surface area contributed by atoms with Crippen molar-refractivity contribution < 1.29 is 19.7 Å². The Morgan fingerprint density at radius 3 is 2.57 bits per heavy atom. The molecule has 2 fully saturated rings. The predicted molar refractivity (Wildman–Crippen MR) is 137 cm³/mol. The molecule has 4 unspecified atom stereocenters. The molecule has 2 aliphatic heterocycles. The van der Waals surface area contributed by atoms with E-state index in [1.807, 2.05) is 49.4 Å². The summed E-state index contributed by atoms with van der Waals surface area (Å²) in [5.41, 5.74) is 3.03. The number of halogens is 1. The smallest absolute Gasteiger partial charge is 0.130 e. The van der Waals surface area contributed by atoms with Crippen LogP contribution in [0.1, 0.15) is 41.7 Å². The third-order valence-corrected chi connectivity index (χ3v) is 7.49. The predicted octanol–water partition coefficient (Wildman–Crippen LogP) is 4.77. The highest BCUT2D eigenvalue weighted by atomic mass is 35.5. The van der Waals surface area contributed by atoms with Gasteiger partial charge in [-0.1, -0.05) is 66.2 Å². The van der Waals surface area contributed by atoms with Crippen LogP contribution in [-0.4, -0.2) is 52.6 Å². The molecule has 4 atom stereocenters. The van der Waals surface area contributed by atoms with Crippen molar-refractivity contribution in [2.45, 2.75) is 50.2 Å². The maximum atomic E-state index is 11.3. The molecule has 0 bridgehead atoms. The number of hydrogen-bond acceptors (Lipinski definition) is 5. The summed E-state index contributed by atoms with van der Waals surface area (Å²) in [6.07, 6.45) is -0.589. The highest BCUT2D eigenvalue weighted by Gasteiger charge is 2.55. The van der Waals surface area contributed by atoms with E-state index < -0.39 is 17.8 Å². The van der Waals surface area contributed by atoms with Gasteiger partial charge in [-0.15, -0.1) is 0 Å². The molecule has 0 aliphatic carbocycles. The molecule has 2 heterocycles. The second kappa shape index (κ2) is 10.3. The van der Waals surface area contributed by atoms with Gasteiger partial charge in [-0.3, -0.25) is 4.90 Å². The monoisotopic (exact) mass is 493 g/mol. The van der Waals surface area contributed by atoms with Crippen LogP contribution in [0.5, 0.6) is 5.75 Å². The maximum Gasteiger partial charge on any atom is 0.130 e. The lowest BCUT2D eigenvalue weighted by Gasteiger charge is -2.42. The molecule has 0 radical (unpaired) electrons. The molecule has 2 N–H and O–H groups in total. The standard InChI is InChI=1S/C29H32ClNO4/c1-2-34-24-11-8-20(9-12-24)14-23-15-22(10-13-25(23)30)26-16-27(32)29(33)19-31(18-28(29)35-26)17-21-6-4-3-5-7-21/h3-13,15,26-28,32-33H,2,14,16-19H2,1H3. The first-order valence-electron chi connectivity index (χ1n) is 12.3. The van der Waals surface area contributed by atoms with Gasteiger partial charge in [0.05, 0.1) is 18.8 Å². The number of benzene rings is 3. The second-order valence-corrected chi connectivity index (χ2v) is 10.0. The van der Waals surface area contributed by atoms with Crippen molar-refractivity contribution in [3.63, 3.8) is 0 Å². The first-order chi connectivity index (χ1) is 16.9. The molecule has 3 aromatic carbocycles. The van der Waals surface area contributed by atoms with Crippen LogP contribution in [0.2, 0.25) is 5.02 Å². The van der Waals surface area contributed by atoms with Gasteiger partial charge in [0, 0.05) is 31.1 Å². The van der Waals surface area contributed by atoms with Crippen LogP contribution in [0.15, 0.2) is 72.8 Å². The topological polar surface area (TPSA) is 62.2 Å². The second-order valence-electron chi connectivity index (χ2n) is 9.62. The van der Waals surface area contributed by atoms with Crippen molar-refractivity contribution in [1.82, 2.24) is 4.90 Å². The summed E-state index contributed by atoms with van der Waals surface area (Å²) in [6.45, 7) is 4.29. The number of fused-ring (bicyclic) bond motifs is 1. The lowest BCUT2D eigenvalue weighted by molar-refractivity contribution is -0.207. The average Bonchev–Trinajstić information content (AvgIpc) is 3.19. The Balaban J connectivity index is 1.30. The van der Waals surface area contributed by atoms with Crippen molar-refractivity contribution in [1.29, 1.82) is 0 Å². The summed E-state index contributed by atoms with van der Waals surface area (Å²) < 4.78 is 12.0.